The number of aromatic nitrogens is 2. The molecule has 0 aliphatic carbocycles. The van der Waals surface area contributed by atoms with Crippen LogP contribution in [0.1, 0.15) is 16.7 Å². The second-order valence-corrected chi connectivity index (χ2v) is 6.56. The molecule has 1 aromatic carbocycles. The third-order valence-electron chi connectivity index (χ3n) is 3.30. The van der Waals surface area contributed by atoms with Gasteiger partial charge in [0, 0.05) is 11.8 Å². The first-order chi connectivity index (χ1) is 10.0. The molecule has 4 nitrogen and oxygen atoms in total. The fourth-order valence-corrected chi connectivity index (χ4v) is 3.04. The summed E-state index contributed by atoms with van der Waals surface area (Å²) in [6.07, 6.45) is 5.42. The van der Waals surface area contributed by atoms with E-state index in [1.54, 1.807) is 17.0 Å². The van der Waals surface area contributed by atoms with Crippen LogP contribution in [0.5, 0.6) is 0 Å². The number of hydrogen-bond donors (Lipinski definition) is 1. The summed E-state index contributed by atoms with van der Waals surface area (Å²) in [5, 5.41) is 6.94. The SMILES string of the molecule is Cc1ccc(-n2cc(/C=C3\SC(=S)NC3=O)cn2)cc1C. The van der Waals surface area contributed by atoms with E-state index in [9.17, 15) is 4.79 Å². The smallest absolute Gasteiger partial charge is 0.263 e. The maximum absolute atomic E-state index is 11.6. The Balaban J connectivity index is 1.90. The molecule has 1 saturated heterocycles. The molecule has 3 rings (SSSR count). The van der Waals surface area contributed by atoms with Crippen LogP contribution in [0.4, 0.5) is 0 Å². The van der Waals surface area contributed by atoms with Crippen molar-refractivity contribution in [2.45, 2.75) is 13.8 Å². The van der Waals surface area contributed by atoms with Crippen molar-refractivity contribution in [1.29, 1.82) is 0 Å². The first-order valence-electron chi connectivity index (χ1n) is 6.40. The van der Waals surface area contributed by atoms with Crippen LogP contribution >= 0.6 is 24.0 Å². The standard InChI is InChI=1S/C15H13N3OS2/c1-9-3-4-12(5-10(9)2)18-8-11(7-16-18)6-13-14(19)17-15(20)21-13/h3-8H,1-2H3,(H,17,19,20)/b13-6-. The quantitative estimate of drug-likeness (QED) is 0.684. The van der Waals surface area contributed by atoms with E-state index in [-0.39, 0.29) is 5.91 Å². The Morgan fingerprint density at radius 3 is 2.81 bits per heavy atom. The van der Waals surface area contributed by atoms with Gasteiger partial charge in [0.1, 0.15) is 4.32 Å². The Morgan fingerprint density at radius 1 is 1.33 bits per heavy atom. The van der Waals surface area contributed by atoms with Crippen molar-refractivity contribution in [2.24, 2.45) is 0 Å². The van der Waals surface area contributed by atoms with Gasteiger partial charge in [0.15, 0.2) is 0 Å². The van der Waals surface area contributed by atoms with Crippen LogP contribution in [-0.4, -0.2) is 20.0 Å². The molecular formula is C15H13N3OS2. The number of thioether (sulfide) groups is 1. The molecule has 2 heterocycles. The predicted octanol–water partition coefficient (Wildman–Crippen LogP) is 2.98. The number of carbonyl (C=O) groups is 1. The Bertz CT molecular complexity index is 777. The largest absolute Gasteiger partial charge is 0.307 e. The molecule has 0 saturated carbocycles. The van der Waals surface area contributed by atoms with E-state index in [1.165, 1.54) is 22.9 Å². The van der Waals surface area contributed by atoms with E-state index in [1.807, 2.05) is 12.3 Å². The summed E-state index contributed by atoms with van der Waals surface area (Å²) < 4.78 is 2.29. The zero-order chi connectivity index (χ0) is 15.0. The summed E-state index contributed by atoms with van der Waals surface area (Å²) in [5.41, 5.74) is 4.34. The van der Waals surface area contributed by atoms with Gasteiger partial charge in [0.05, 0.1) is 16.8 Å². The van der Waals surface area contributed by atoms with Crippen LogP contribution in [0.3, 0.4) is 0 Å². The molecule has 0 radical (unpaired) electrons. The van der Waals surface area contributed by atoms with Crippen LogP contribution in [0.2, 0.25) is 0 Å². The van der Waals surface area contributed by atoms with Gasteiger partial charge >= 0.3 is 0 Å². The van der Waals surface area contributed by atoms with Gasteiger partial charge in [-0.3, -0.25) is 4.79 Å². The van der Waals surface area contributed by atoms with Crippen LogP contribution in [-0.2, 0) is 4.79 Å². The molecule has 1 aliphatic rings. The number of rotatable bonds is 2. The number of thiocarbonyl (C=S) groups is 1. The average Bonchev–Trinajstić information content (AvgIpc) is 3.01. The molecule has 6 heteroatoms. The van der Waals surface area contributed by atoms with Crippen molar-refractivity contribution in [2.75, 3.05) is 0 Å². The fourth-order valence-electron chi connectivity index (χ4n) is 1.99. The van der Waals surface area contributed by atoms with Gasteiger partial charge in [-0.1, -0.05) is 30.0 Å². The van der Waals surface area contributed by atoms with Crippen molar-refractivity contribution in [3.05, 3.63) is 52.2 Å². The second kappa shape index (κ2) is 5.46. The molecule has 0 atom stereocenters. The predicted molar refractivity (Wildman–Crippen MR) is 89.3 cm³/mol. The van der Waals surface area contributed by atoms with Crippen molar-refractivity contribution in [3.8, 4) is 5.69 Å². The van der Waals surface area contributed by atoms with Crippen LogP contribution < -0.4 is 5.32 Å². The molecule has 0 spiro atoms. The van der Waals surface area contributed by atoms with E-state index >= 15 is 0 Å². The van der Waals surface area contributed by atoms with Crippen LogP contribution in [0.15, 0.2) is 35.5 Å². The van der Waals surface area contributed by atoms with E-state index < -0.39 is 0 Å². The van der Waals surface area contributed by atoms with Gasteiger partial charge in [-0.05, 0) is 43.2 Å². The fraction of sp³-hybridized carbons (Fsp3) is 0.133. The zero-order valence-corrected chi connectivity index (χ0v) is 13.2. The van der Waals surface area contributed by atoms with Gasteiger partial charge in [0.2, 0.25) is 0 Å². The third-order valence-corrected chi connectivity index (χ3v) is 4.46. The Hall–Kier alpha value is -1.92. The highest BCUT2D eigenvalue weighted by Crippen LogP contribution is 2.26. The lowest BCUT2D eigenvalue weighted by Gasteiger charge is -2.04. The second-order valence-electron chi connectivity index (χ2n) is 4.84. The highest BCUT2D eigenvalue weighted by Gasteiger charge is 2.22. The summed E-state index contributed by atoms with van der Waals surface area (Å²) in [6.45, 7) is 4.16. The minimum atomic E-state index is -0.149. The average molecular weight is 315 g/mol. The Kier molecular flexibility index (Phi) is 3.65. The summed E-state index contributed by atoms with van der Waals surface area (Å²) in [6, 6.07) is 6.19. The topological polar surface area (TPSA) is 46.9 Å². The summed E-state index contributed by atoms with van der Waals surface area (Å²) in [4.78, 5) is 12.2. The van der Waals surface area contributed by atoms with E-state index in [0.29, 0.717) is 9.23 Å². The van der Waals surface area contributed by atoms with Crippen molar-refractivity contribution >= 4 is 40.3 Å². The van der Waals surface area contributed by atoms with Gasteiger partial charge < -0.3 is 5.32 Å². The first-order valence-corrected chi connectivity index (χ1v) is 7.62. The Labute approximate surface area is 132 Å². The summed E-state index contributed by atoms with van der Waals surface area (Å²) in [5.74, 6) is -0.149. The van der Waals surface area contributed by atoms with Gasteiger partial charge in [0.25, 0.3) is 5.91 Å². The summed E-state index contributed by atoms with van der Waals surface area (Å²) >= 11 is 6.24. The molecule has 0 unspecified atom stereocenters. The number of hydrogen-bond acceptors (Lipinski definition) is 4. The van der Waals surface area contributed by atoms with E-state index in [0.717, 1.165) is 11.3 Å². The van der Waals surface area contributed by atoms with E-state index in [2.05, 4.69) is 36.4 Å². The zero-order valence-electron chi connectivity index (χ0n) is 11.6. The first kappa shape index (κ1) is 14.0. The molecule has 1 amide bonds. The lowest BCUT2D eigenvalue weighted by atomic mass is 10.1. The lowest BCUT2D eigenvalue weighted by Crippen LogP contribution is -2.17. The number of benzene rings is 1. The minimum absolute atomic E-state index is 0.149. The highest BCUT2D eigenvalue weighted by molar-refractivity contribution is 8.26. The van der Waals surface area contributed by atoms with Crippen molar-refractivity contribution in [1.82, 2.24) is 15.1 Å². The summed E-state index contributed by atoms with van der Waals surface area (Å²) in [7, 11) is 0. The number of nitrogens with one attached hydrogen (secondary N) is 1. The number of nitrogens with zero attached hydrogens (tertiary/aromatic N) is 2. The monoisotopic (exact) mass is 315 g/mol. The molecule has 106 valence electrons. The van der Waals surface area contributed by atoms with Crippen LogP contribution in [0, 0.1) is 13.8 Å². The molecule has 1 N–H and O–H groups in total. The molecule has 2 aromatic rings. The molecular weight excluding hydrogens is 302 g/mol. The number of amides is 1. The molecule has 21 heavy (non-hydrogen) atoms. The van der Waals surface area contributed by atoms with Gasteiger partial charge in [-0.2, -0.15) is 5.10 Å². The lowest BCUT2D eigenvalue weighted by molar-refractivity contribution is -0.115. The van der Waals surface area contributed by atoms with Crippen molar-refractivity contribution < 1.29 is 4.79 Å². The molecule has 1 fully saturated rings. The number of carbonyl (C=O) groups excluding carboxylic acids is 1. The van der Waals surface area contributed by atoms with Gasteiger partial charge in [-0.25, -0.2) is 4.68 Å². The van der Waals surface area contributed by atoms with Crippen molar-refractivity contribution in [3.63, 3.8) is 0 Å². The molecule has 1 aromatic heterocycles. The third kappa shape index (κ3) is 2.91. The maximum Gasteiger partial charge on any atom is 0.263 e. The van der Waals surface area contributed by atoms with E-state index in [4.69, 9.17) is 12.2 Å². The van der Waals surface area contributed by atoms with Crippen LogP contribution in [0.25, 0.3) is 11.8 Å². The van der Waals surface area contributed by atoms with Gasteiger partial charge in [-0.15, -0.1) is 0 Å². The number of aryl methyl sites for hydroxylation is 2. The minimum Gasteiger partial charge on any atom is -0.307 e. The Morgan fingerprint density at radius 2 is 2.14 bits per heavy atom. The normalized spacial score (nSPS) is 16.6. The molecule has 0 bridgehead atoms. The maximum atomic E-state index is 11.6. The molecule has 1 aliphatic heterocycles. The highest BCUT2D eigenvalue weighted by atomic mass is 32.2.